The number of aliphatic imine (C=N–C) groups is 1. The molecular formula is C19H15F3N4O2. The third-order valence-electron chi connectivity index (χ3n) is 4.38. The molecule has 0 spiro atoms. The van der Waals surface area contributed by atoms with E-state index >= 15 is 0 Å². The Morgan fingerprint density at radius 2 is 2.14 bits per heavy atom. The predicted octanol–water partition coefficient (Wildman–Crippen LogP) is 4.41. The molecule has 4 rings (SSSR count). The van der Waals surface area contributed by atoms with Gasteiger partial charge in [0.25, 0.3) is 5.56 Å². The lowest BCUT2D eigenvalue weighted by Gasteiger charge is -2.12. The van der Waals surface area contributed by atoms with Crippen molar-refractivity contribution in [1.29, 1.82) is 0 Å². The summed E-state index contributed by atoms with van der Waals surface area (Å²) in [5.41, 5.74) is -1.33. The van der Waals surface area contributed by atoms with Crippen LogP contribution in [-0.4, -0.2) is 20.7 Å². The van der Waals surface area contributed by atoms with Crippen LogP contribution in [0.4, 0.5) is 13.2 Å². The van der Waals surface area contributed by atoms with E-state index in [4.69, 9.17) is 4.42 Å². The third kappa shape index (κ3) is 3.35. The van der Waals surface area contributed by atoms with Gasteiger partial charge in [-0.1, -0.05) is 0 Å². The molecule has 0 unspecified atom stereocenters. The van der Waals surface area contributed by atoms with Crippen molar-refractivity contribution in [1.82, 2.24) is 14.5 Å². The van der Waals surface area contributed by atoms with Crippen LogP contribution in [0.1, 0.15) is 25.5 Å². The van der Waals surface area contributed by atoms with E-state index in [1.165, 1.54) is 6.07 Å². The first-order valence-corrected chi connectivity index (χ1v) is 8.59. The van der Waals surface area contributed by atoms with Crippen LogP contribution in [0.2, 0.25) is 0 Å². The summed E-state index contributed by atoms with van der Waals surface area (Å²) in [6.07, 6.45) is 5.33. The van der Waals surface area contributed by atoms with Crippen LogP contribution >= 0.6 is 0 Å². The molecule has 1 fully saturated rings. The van der Waals surface area contributed by atoms with Crippen molar-refractivity contribution >= 4 is 34.0 Å². The standard InChI is InChI=1S/C19H15F3N4O2/c1-11(3-2-8-23-9-12-4-5-12)26-17-13(6-7-14(25-17)19(20,21)22)16-15(18(26)27)24-10-28-16/h2-3,6-10,12H,4-5H2,1H3/b8-2-,11-3+,23-9+. The number of nitrogens with zero attached hydrogens (tertiary/aromatic N) is 4. The number of halogens is 3. The van der Waals surface area contributed by atoms with Crippen LogP contribution in [0.15, 0.2) is 51.1 Å². The monoisotopic (exact) mass is 388 g/mol. The molecular weight excluding hydrogens is 373 g/mol. The minimum atomic E-state index is -4.64. The average Bonchev–Trinajstić information content (AvgIpc) is 3.33. The first-order valence-electron chi connectivity index (χ1n) is 8.59. The Balaban J connectivity index is 1.88. The maximum Gasteiger partial charge on any atom is 0.433 e. The summed E-state index contributed by atoms with van der Waals surface area (Å²) in [5.74, 6) is 0.529. The van der Waals surface area contributed by atoms with E-state index in [1.807, 2.05) is 6.21 Å². The topological polar surface area (TPSA) is 73.3 Å². The van der Waals surface area contributed by atoms with Gasteiger partial charge in [-0.05, 0) is 50.0 Å². The SMILES string of the molecule is C\C(=C/C=C\N=C\C1CC1)n1c(=O)c2ncoc2c2ccc(C(F)(F)F)nc21. The molecule has 3 heterocycles. The summed E-state index contributed by atoms with van der Waals surface area (Å²) >= 11 is 0. The minimum Gasteiger partial charge on any atom is -0.442 e. The predicted molar refractivity (Wildman–Crippen MR) is 98.9 cm³/mol. The molecule has 9 heteroatoms. The largest absolute Gasteiger partial charge is 0.442 e. The summed E-state index contributed by atoms with van der Waals surface area (Å²) in [5, 5.41) is 0.267. The highest BCUT2D eigenvalue weighted by Gasteiger charge is 2.33. The number of aromatic nitrogens is 3. The first kappa shape index (κ1) is 18.1. The maximum atomic E-state index is 13.1. The van der Waals surface area contributed by atoms with Gasteiger partial charge in [0.15, 0.2) is 23.1 Å². The van der Waals surface area contributed by atoms with Gasteiger partial charge in [0, 0.05) is 18.1 Å². The summed E-state index contributed by atoms with van der Waals surface area (Å²) in [6.45, 7) is 1.60. The van der Waals surface area contributed by atoms with E-state index in [0.717, 1.165) is 29.9 Å². The van der Waals surface area contributed by atoms with Crippen LogP contribution < -0.4 is 5.56 Å². The molecule has 0 aliphatic heterocycles. The van der Waals surface area contributed by atoms with Gasteiger partial charge in [0.05, 0.1) is 5.39 Å². The molecule has 3 aromatic heterocycles. The van der Waals surface area contributed by atoms with Crippen molar-refractivity contribution in [3.63, 3.8) is 0 Å². The molecule has 0 saturated heterocycles. The molecule has 0 bridgehead atoms. The number of hydrogen-bond donors (Lipinski definition) is 0. The Hall–Kier alpha value is -3.23. The Kier molecular flexibility index (Phi) is 4.37. The van der Waals surface area contributed by atoms with Gasteiger partial charge in [0.2, 0.25) is 0 Å². The zero-order valence-corrected chi connectivity index (χ0v) is 14.8. The number of oxazole rings is 1. The summed E-state index contributed by atoms with van der Waals surface area (Å²) in [4.78, 5) is 24.5. The van der Waals surface area contributed by atoms with Crippen molar-refractivity contribution < 1.29 is 17.6 Å². The number of rotatable bonds is 4. The van der Waals surface area contributed by atoms with Crippen LogP contribution in [-0.2, 0) is 6.18 Å². The second kappa shape index (κ2) is 6.74. The fourth-order valence-electron chi connectivity index (χ4n) is 2.80. The van der Waals surface area contributed by atoms with Crippen molar-refractivity contribution in [2.24, 2.45) is 10.9 Å². The van der Waals surface area contributed by atoms with Gasteiger partial charge in [-0.3, -0.25) is 14.4 Å². The maximum absolute atomic E-state index is 13.1. The molecule has 0 N–H and O–H groups in total. The van der Waals surface area contributed by atoms with Crippen LogP contribution in [0.25, 0.3) is 27.8 Å². The van der Waals surface area contributed by atoms with Crippen molar-refractivity contribution in [2.45, 2.75) is 25.9 Å². The Labute approximate surface area is 156 Å². The number of hydrogen-bond acceptors (Lipinski definition) is 5. The van der Waals surface area contributed by atoms with Gasteiger partial charge in [-0.25, -0.2) is 9.97 Å². The van der Waals surface area contributed by atoms with Gasteiger partial charge in [-0.2, -0.15) is 13.2 Å². The average molecular weight is 388 g/mol. The zero-order valence-electron chi connectivity index (χ0n) is 14.8. The molecule has 144 valence electrons. The highest BCUT2D eigenvalue weighted by molar-refractivity contribution is 6.00. The molecule has 0 amide bonds. The van der Waals surface area contributed by atoms with E-state index in [9.17, 15) is 18.0 Å². The van der Waals surface area contributed by atoms with Crippen LogP contribution in [0.5, 0.6) is 0 Å². The van der Waals surface area contributed by atoms with Crippen LogP contribution in [0, 0.1) is 5.92 Å². The molecule has 1 aliphatic carbocycles. The molecule has 3 aromatic rings. The number of allylic oxidation sites excluding steroid dienone is 3. The Morgan fingerprint density at radius 3 is 2.86 bits per heavy atom. The van der Waals surface area contributed by atoms with E-state index in [1.54, 1.807) is 25.3 Å². The van der Waals surface area contributed by atoms with Gasteiger partial charge >= 0.3 is 6.18 Å². The fourth-order valence-corrected chi connectivity index (χ4v) is 2.80. The van der Waals surface area contributed by atoms with Gasteiger partial charge < -0.3 is 4.42 Å². The number of alkyl halides is 3. The van der Waals surface area contributed by atoms with Crippen molar-refractivity contribution in [3.05, 3.63) is 52.9 Å². The van der Waals surface area contributed by atoms with Gasteiger partial charge in [0.1, 0.15) is 5.69 Å². The molecule has 28 heavy (non-hydrogen) atoms. The van der Waals surface area contributed by atoms with E-state index < -0.39 is 17.4 Å². The lowest BCUT2D eigenvalue weighted by Crippen LogP contribution is -2.21. The minimum absolute atomic E-state index is 0.0255. The molecule has 0 radical (unpaired) electrons. The highest BCUT2D eigenvalue weighted by Crippen LogP contribution is 2.31. The smallest absolute Gasteiger partial charge is 0.433 e. The Bertz CT molecular complexity index is 1200. The lowest BCUT2D eigenvalue weighted by atomic mass is 10.2. The van der Waals surface area contributed by atoms with Crippen molar-refractivity contribution in [3.8, 4) is 0 Å². The zero-order chi connectivity index (χ0) is 19.9. The lowest BCUT2D eigenvalue weighted by molar-refractivity contribution is -0.141. The normalized spacial score (nSPS) is 16.2. The molecule has 1 aliphatic rings. The number of fused-ring (bicyclic) bond motifs is 3. The van der Waals surface area contributed by atoms with E-state index in [0.29, 0.717) is 11.6 Å². The second-order valence-electron chi connectivity index (χ2n) is 6.52. The summed E-state index contributed by atoms with van der Waals surface area (Å²) in [6, 6.07) is 2.09. The summed E-state index contributed by atoms with van der Waals surface area (Å²) < 4.78 is 45.7. The Morgan fingerprint density at radius 1 is 1.36 bits per heavy atom. The summed E-state index contributed by atoms with van der Waals surface area (Å²) in [7, 11) is 0. The third-order valence-corrected chi connectivity index (χ3v) is 4.38. The van der Waals surface area contributed by atoms with Crippen molar-refractivity contribution in [2.75, 3.05) is 0 Å². The second-order valence-corrected chi connectivity index (χ2v) is 6.52. The molecule has 1 saturated carbocycles. The molecule has 6 nitrogen and oxygen atoms in total. The quantitative estimate of drug-likeness (QED) is 0.490. The number of pyridine rings is 2. The first-order chi connectivity index (χ1) is 13.4. The van der Waals surface area contributed by atoms with E-state index in [-0.39, 0.29) is 22.1 Å². The fraction of sp³-hybridized carbons (Fsp3) is 0.263. The van der Waals surface area contributed by atoms with Gasteiger partial charge in [-0.15, -0.1) is 0 Å². The highest BCUT2D eigenvalue weighted by atomic mass is 19.4. The van der Waals surface area contributed by atoms with Crippen LogP contribution in [0.3, 0.4) is 0 Å². The van der Waals surface area contributed by atoms with E-state index in [2.05, 4.69) is 15.0 Å². The molecule has 0 aromatic carbocycles. The molecule has 0 atom stereocenters.